The Morgan fingerprint density at radius 1 is 1.00 bits per heavy atom. The molecule has 2 rings (SSSR count). The lowest BCUT2D eigenvalue weighted by Crippen LogP contribution is -2.23. The Morgan fingerprint density at radius 2 is 1.68 bits per heavy atom. The van der Waals surface area contributed by atoms with Gasteiger partial charge in [-0.3, -0.25) is 4.98 Å². The molecule has 100 valence electrons. The molecule has 0 N–H and O–H groups in total. The van der Waals surface area contributed by atoms with E-state index >= 15 is 0 Å². The van der Waals surface area contributed by atoms with E-state index in [2.05, 4.69) is 73.4 Å². The van der Waals surface area contributed by atoms with E-state index in [0.717, 1.165) is 17.8 Å². The van der Waals surface area contributed by atoms with E-state index in [1.165, 1.54) is 11.1 Å². The Kier molecular flexibility index (Phi) is 4.33. The molecule has 2 nitrogen and oxygen atoms in total. The summed E-state index contributed by atoms with van der Waals surface area (Å²) in [6.07, 6.45) is 1.01. The Hall–Kier alpha value is -1.67. The topological polar surface area (TPSA) is 16.1 Å². The smallest absolute Gasteiger partial charge is 0.0423 e. The molecule has 0 radical (unpaired) electrons. The van der Waals surface area contributed by atoms with Crippen LogP contribution in [0.25, 0.3) is 0 Å². The molecule has 1 unspecified atom stereocenters. The second-order valence-corrected chi connectivity index (χ2v) is 5.30. The van der Waals surface area contributed by atoms with Gasteiger partial charge in [0, 0.05) is 17.4 Å². The van der Waals surface area contributed by atoms with Crippen molar-refractivity contribution in [1.82, 2.24) is 9.88 Å². The van der Waals surface area contributed by atoms with E-state index in [1.807, 2.05) is 6.92 Å². The first-order valence-electron chi connectivity index (χ1n) is 6.72. The number of likely N-dealkylation sites (N-methyl/N-ethyl adjacent to an activating group) is 1. The number of aromatic nitrogens is 1. The minimum Gasteiger partial charge on any atom is -0.302 e. The van der Waals surface area contributed by atoms with Crippen LogP contribution >= 0.6 is 0 Å². The van der Waals surface area contributed by atoms with Crippen LogP contribution in [0, 0.1) is 13.8 Å². The third kappa shape index (κ3) is 3.42. The van der Waals surface area contributed by atoms with Crippen molar-refractivity contribution in [2.45, 2.75) is 26.3 Å². The highest BCUT2D eigenvalue weighted by atomic mass is 15.1. The van der Waals surface area contributed by atoms with Crippen molar-refractivity contribution in [3.8, 4) is 0 Å². The molecule has 1 atom stereocenters. The lowest BCUT2D eigenvalue weighted by Gasteiger charge is -2.26. The lowest BCUT2D eigenvalue weighted by atomic mass is 9.97. The number of pyridine rings is 1. The molecule has 1 aromatic carbocycles. The first kappa shape index (κ1) is 13.8. The Bertz CT molecular complexity index is 532. The minimum absolute atomic E-state index is 0.371. The first-order valence-corrected chi connectivity index (χ1v) is 6.72. The second kappa shape index (κ2) is 5.98. The fourth-order valence-corrected chi connectivity index (χ4v) is 2.46. The molecule has 1 heterocycles. The summed E-state index contributed by atoms with van der Waals surface area (Å²) in [5.41, 5.74) is 4.90. The van der Waals surface area contributed by atoms with Gasteiger partial charge < -0.3 is 4.90 Å². The Morgan fingerprint density at radius 3 is 2.26 bits per heavy atom. The highest BCUT2D eigenvalue weighted by Gasteiger charge is 2.17. The van der Waals surface area contributed by atoms with E-state index in [-0.39, 0.29) is 0 Å². The number of hydrogen-bond donors (Lipinski definition) is 0. The molecule has 0 fully saturated rings. The summed E-state index contributed by atoms with van der Waals surface area (Å²) in [5.74, 6) is 0. The minimum atomic E-state index is 0.371. The zero-order valence-corrected chi connectivity index (χ0v) is 12.2. The molecule has 0 saturated heterocycles. The zero-order valence-electron chi connectivity index (χ0n) is 12.2. The van der Waals surface area contributed by atoms with Gasteiger partial charge in [-0.1, -0.05) is 36.4 Å². The second-order valence-electron chi connectivity index (χ2n) is 5.30. The average molecular weight is 254 g/mol. The summed E-state index contributed by atoms with van der Waals surface area (Å²) in [6, 6.07) is 15.3. The summed E-state index contributed by atoms with van der Waals surface area (Å²) in [7, 11) is 4.26. The molecule has 0 aliphatic heterocycles. The largest absolute Gasteiger partial charge is 0.302 e. The molecule has 0 aliphatic rings. The van der Waals surface area contributed by atoms with Crippen molar-refractivity contribution in [3.63, 3.8) is 0 Å². The van der Waals surface area contributed by atoms with Crippen molar-refractivity contribution in [1.29, 1.82) is 0 Å². The van der Waals surface area contributed by atoms with Gasteiger partial charge in [0.1, 0.15) is 0 Å². The maximum Gasteiger partial charge on any atom is 0.0423 e. The predicted molar refractivity (Wildman–Crippen MR) is 80.3 cm³/mol. The lowest BCUT2D eigenvalue weighted by molar-refractivity contribution is 0.296. The fraction of sp³-hybridized carbons (Fsp3) is 0.353. The third-order valence-corrected chi connectivity index (χ3v) is 3.52. The molecule has 1 aromatic heterocycles. The quantitative estimate of drug-likeness (QED) is 0.829. The molecule has 2 aromatic rings. The summed E-state index contributed by atoms with van der Waals surface area (Å²) in [5, 5.41) is 0. The van der Waals surface area contributed by atoms with Crippen LogP contribution in [0.15, 0.2) is 42.5 Å². The van der Waals surface area contributed by atoms with Crippen LogP contribution in [0.3, 0.4) is 0 Å². The van der Waals surface area contributed by atoms with Gasteiger partial charge in [0.25, 0.3) is 0 Å². The normalized spacial score (nSPS) is 12.7. The molecular weight excluding hydrogens is 232 g/mol. The number of nitrogens with zero attached hydrogens (tertiary/aromatic N) is 2. The van der Waals surface area contributed by atoms with Gasteiger partial charge in [-0.2, -0.15) is 0 Å². The van der Waals surface area contributed by atoms with Crippen molar-refractivity contribution in [2.24, 2.45) is 0 Å². The van der Waals surface area contributed by atoms with Crippen LogP contribution in [-0.2, 0) is 6.42 Å². The van der Waals surface area contributed by atoms with E-state index in [1.54, 1.807) is 0 Å². The third-order valence-electron chi connectivity index (χ3n) is 3.52. The van der Waals surface area contributed by atoms with Gasteiger partial charge in [0.15, 0.2) is 0 Å². The summed E-state index contributed by atoms with van der Waals surface area (Å²) >= 11 is 0. The van der Waals surface area contributed by atoms with Crippen molar-refractivity contribution in [3.05, 3.63) is 65.0 Å². The summed E-state index contributed by atoms with van der Waals surface area (Å²) in [4.78, 5) is 6.86. The van der Waals surface area contributed by atoms with Crippen LogP contribution in [0.5, 0.6) is 0 Å². The number of benzene rings is 1. The molecule has 0 spiro atoms. The van der Waals surface area contributed by atoms with Gasteiger partial charge >= 0.3 is 0 Å². The molecule has 19 heavy (non-hydrogen) atoms. The Balaban J connectivity index is 2.30. The maximum atomic E-state index is 4.59. The predicted octanol–water partition coefficient (Wildman–Crippen LogP) is 3.54. The van der Waals surface area contributed by atoms with Gasteiger partial charge in [0.2, 0.25) is 0 Å². The molecule has 2 heteroatoms. The SMILES string of the molecule is Cc1ccc(C(Cc2ccccc2)N(C)C)c(C)n1. The average Bonchev–Trinajstić information content (AvgIpc) is 2.38. The molecule has 0 amide bonds. The zero-order chi connectivity index (χ0) is 13.8. The van der Waals surface area contributed by atoms with E-state index < -0.39 is 0 Å². The van der Waals surface area contributed by atoms with Gasteiger partial charge in [-0.25, -0.2) is 0 Å². The first-order chi connectivity index (χ1) is 9.08. The van der Waals surface area contributed by atoms with E-state index in [4.69, 9.17) is 0 Å². The van der Waals surface area contributed by atoms with Gasteiger partial charge in [-0.05, 0) is 51.6 Å². The van der Waals surface area contributed by atoms with Crippen LogP contribution < -0.4 is 0 Å². The van der Waals surface area contributed by atoms with Crippen LogP contribution in [0.4, 0.5) is 0 Å². The van der Waals surface area contributed by atoms with Crippen LogP contribution in [0.1, 0.15) is 28.6 Å². The van der Waals surface area contributed by atoms with Crippen LogP contribution in [0.2, 0.25) is 0 Å². The highest BCUT2D eigenvalue weighted by molar-refractivity contribution is 5.28. The van der Waals surface area contributed by atoms with E-state index in [0.29, 0.717) is 6.04 Å². The number of hydrogen-bond acceptors (Lipinski definition) is 2. The number of aryl methyl sites for hydroxylation is 2. The van der Waals surface area contributed by atoms with Crippen molar-refractivity contribution < 1.29 is 0 Å². The maximum absolute atomic E-state index is 4.59. The van der Waals surface area contributed by atoms with Crippen molar-refractivity contribution >= 4 is 0 Å². The summed E-state index contributed by atoms with van der Waals surface area (Å²) in [6.45, 7) is 4.14. The molecule has 0 saturated carbocycles. The van der Waals surface area contributed by atoms with E-state index in [9.17, 15) is 0 Å². The fourth-order valence-electron chi connectivity index (χ4n) is 2.46. The standard InChI is InChI=1S/C17H22N2/c1-13-10-11-16(14(2)18-13)17(19(3)4)12-15-8-6-5-7-9-15/h5-11,17H,12H2,1-4H3. The van der Waals surface area contributed by atoms with Gasteiger partial charge in [0.05, 0.1) is 0 Å². The Labute approximate surface area is 116 Å². The monoisotopic (exact) mass is 254 g/mol. The highest BCUT2D eigenvalue weighted by Crippen LogP contribution is 2.25. The van der Waals surface area contributed by atoms with Crippen LogP contribution in [-0.4, -0.2) is 24.0 Å². The van der Waals surface area contributed by atoms with Crippen molar-refractivity contribution in [2.75, 3.05) is 14.1 Å². The molecule has 0 bridgehead atoms. The summed E-state index contributed by atoms with van der Waals surface area (Å²) < 4.78 is 0. The number of rotatable bonds is 4. The molecular formula is C17H22N2. The van der Waals surface area contributed by atoms with Gasteiger partial charge in [-0.15, -0.1) is 0 Å². The molecule has 0 aliphatic carbocycles.